The number of guanidine groups is 1. The summed E-state index contributed by atoms with van der Waals surface area (Å²) in [6.07, 6.45) is 6.61. The van der Waals surface area contributed by atoms with Crippen LogP contribution in [0.3, 0.4) is 0 Å². The maximum Gasteiger partial charge on any atom is 0.236 e. The summed E-state index contributed by atoms with van der Waals surface area (Å²) >= 11 is 0. The Morgan fingerprint density at radius 3 is 2.63 bits per heavy atom. The third kappa shape index (κ3) is 5.85. The molecule has 2 fully saturated rings. The molecule has 148 valence electrons. The number of furan rings is 1. The molecule has 0 atom stereocenters. The molecule has 0 aromatic carbocycles. The van der Waals surface area contributed by atoms with Crippen molar-refractivity contribution in [2.24, 2.45) is 4.99 Å². The Labute approximate surface area is 161 Å². The minimum Gasteiger partial charge on any atom is -0.469 e. The molecule has 2 aliphatic rings. The molecule has 7 heteroatoms. The lowest BCUT2D eigenvalue weighted by Crippen LogP contribution is -2.54. The van der Waals surface area contributed by atoms with Crippen LogP contribution < -0.4 is 5.32 Å². The second-order valence-electron chi connectivity index (χ2n) is 7.06. The summed E-state index contributed by atoms with van der Waals surface area (Å²) in [4.78, 5) is 23.6. The largest absolute Gasteiger partial charge is 0.469 e. The highest BCUT2D eigenvalue weighted by molar-refractivity contribution is 5.80. The molecule has 1 amide bonds. The Hall–Kier alpha value is -2.28. The van der Waals surface area contributed by atoms with E-state index in [0.717, 1.165) is 70.3 Å². The van der Waals surface area contributed by atoms with Crippen molar-refractivity contribution >= 4 is 11.9 Å². The number of likely N-dealkylation sites (tertiary alicyclic amines) is 1. The normalized spacial score (nSPS) is 18.7. The topological polar surface area (TPSA) is 64.3 Å². The standard InChI is InChI=1S/C20H31N5O2/c1-2-8-21-20(22-9-7-18-6-5-16-27-18)25-14-12-23(13-15-25)17-19(26)24-10-3-4-11-24/h2,5-6,16H,1,3-4,7-15,17H2,(H,21,22). The highest BCUT2D eigenvalue weighted by atomic mass is 16.3. The van der Waals surface area contributed by atoms with Gasteiger partial charge in [-0.3, -0.25) is 14.7 Å². The summed E-state index contributed by atoms with van der Waals surface area (Å²) in [5, 5.41) is 3.35. The van der Waals surface area contributed by atoms with E-state index in [4.69, 9.17) is 9.41 Å². The number of hydrogen-bond donors (Lipinski definition) is 1. The quantitative estimate of drug-likeness (QED) is 0.442. The number of rotatable bonds is 7. The summed E-state index contributed by atoms with van der Waals surface area (Å²) in [6.45, 7) is 11.1. The van der Waals surface area contributed by atoms with Gasteiger partial charge in [0, 0.05) is 58.8 Å². The van der Waals surface area contributed by atoms with Gasteiger partial charge in [-0.1, -0.05) is 6.08 Å². The zero-order valence-corrected chi connectivity index (χ0v) is 16.1. The van der Waals surface area contributed by atoms with Crippen LogP contribution in [0.25, 0.3) is 0 Å². The maximum absolute atomic E-state index is 12.3. The highest BCUT2D eigenvalue weighted by Gasteiger charge is 2.24. The van der Waals surface area contributed by atoms with Gasteiger partial charge in [0.25, 0.3) is 0 Å². The van der Waals surface area contributed by atoms with Crippen LogP contribution in [-0.4, -0.2) is 85.5 Å². The summed E-state index contributed by atoms with van der Waals surface area (Å²) in [5.74, 6) is 2.14. The number of nitrogens with zero attached hydrogens (tertiary/aromatic N) is 4. The third-order valence-corrected chi connectivity index (χ3v) is 5.09. The van der Waals surface area contributed by atoms with E-state index in [1.54, 1.807) is 6.26 Å². The van der Waals surface area contributed by atoms with Crippen LogP contribution in [0.1, 0.15) is 18.6 Å². The van der Waals surface area contributed by atoms with Gasteiger partial charge >= 0.3 is 0 Å². The molecule has 0 saturated carbocycles. The average molecular weight is 374 g/mol. The number of aliphatic imine (C=N–C) groups is 1. The lowest BCUT2D eigenvalue weighted by Gasteiger charge is -2.36. The van der Waals surface area contributed by atoms with Gasteiger partial charge in [0.1, 0.15) is 5.76 Å². The maximum atomic E-state index is 12.3. The fourth-order valence-corrected chi connectivity index (χ4v) is 3.53. The molecular weight excluding hydrogens is 342 g/mol. The van der Waals surface area contributed by atoms with Crippen molar-refractivity contribution in [2.75, 3.05) is 58.9 Å². The van der Waals surface area contributed by atoms with E-state index in [-0.39, 0.29) is 5.91 Å². The van der Waals surface area contributed by atoms with E-state index < -0.39 is 0 Å². The van der Waals surface area contributed by atoms with E-state index >= 15 is 0 Å². The highest BCUT2D eigenvalue weighted by Crippen LogP contribution is 2.09. The number of hydrogen-bond acceptors (Lipinski definition) is 4. The molecule has 27 heavy (non-hydrogen) atoms. The predicted molar refractivity (Wildman–Crippen MR) is 107 cm³/mol. The molecular formula is C20H31N5O2. The van der Waals surface area contributed by atoms with E-state index in [1.165, 1.54) is 0 Å². The second-order valence-corrected chi connectivity index (χ2v) is 7.06. The van der Waals surface area contributed by atoms with Crippen molar-refractivity contribution in [3.8, 4) is 0 Å². The molecule has 1 N–H and O–H groups in total. The fraction of sp³-hybridized carbons (Fsp3) is 0.600. The second kappa shape index (κ2) is 10.2. The van der Waals surface area contributed by atoms with Crippen LogP contribution in [0.15, 0.2) is 40.5 Å². The van der Waals surface area contributed by atoms with Crippen molar-refractivity contribution in [1.29, 1.82) is 0 Å². The fourth-order valence-electron chi connectivity index (χ4n) is 3.53. The third-order valence-electron chi connectivity index (χ3n) is 5.09. The first-order chi connectivity index (χ1) is 13.3. The molecule has 3 heterocycles. The van der Waals surface area contributed by atoms with Gasteiger partial charge in [-0.2, -0.15) is 0 Å². The number of amides is 1. The van der Waals surface area contributed by atoms with Crippen molar-refractivity contribution < 1.29 is 9.21 Å². The number of piperazine rings is 1. The molecule has 1 aromatic heterocycles. The molecule has 0 bridgehead atoms. The molecule has 3 rings (SSSR count). The molecule has 0 aliphatic carbocycles. The Morgan fingerprint density at radius 2 is 1.96 bits per heavy atom. The summed E-state index contributed by atoms with van der Waals surface area (Å²) in [5.41, 5.74) is 0. The van der Waals surface area contributed by atoms with Gasteiger partial charge in [-0.05, 0) is 25.0 Å². The first-order valence-electron chi connectivity index (χ1n) is 9.93. The number of nitrogens with one attached hydrogen (secondary N) is 1. The van der Waals surface area contributed by atoms with Crippen molar-refractivity contribution in [3.63, 3.8) is 0 Å². The molecule has 0 radical (unpaired) electrons. The first-order valence-corrected chi connectivity index (χ1v) is 9.93. The van der Waals surface area contributed by atoms with Crippen molar-refractivity contribution in [1.82, 2.24) is 20.0 Å². The van der Waals surface area contributed by atoms with Crippen molar-refractivity contribution in [2.45, 2.75) is 19.3 Å². The molecule has 0 unspecified atom stereocenters. The van der Waals surface area contributed by atoms with Gasteiger partial charge < -0.3 is 19.5 Å². The Kier molecular flexibility index (Phi) is 7.33. The molecule has 7 nitrogen and oxygen atoms in total. The lowest BCUT2D eigenvalue weighted by atomic mass is 10.3. The summed E-state index contributed by atoms with van der Waals surface area (Å²) in [7, 11) is 0. The molecule has 1 aromatic rings. The average Bonchev–Trinajstić information content (AvgIpc) is 3.39. The van der Waals surface area contributed by atoms with Gasteiger partial charge in [0.05, 0.1) is 12.8 Å². The van der Waals surface area contributed by atoms with Gasteiger partial charge in [0.2, 0.25) is 5.91 Å². The first kappa shape index (κ1) is 19.5. The van der Waals surface area contributed by atoms with Crippen LogP contribution >= 0.6 is 0 Å². The molecule has 2 aliphatic heterocycles. The monoisotopic (exact) mass is 373 g/mol. The summed E-state index contributed by atoms with van der Waals surface area (Å²) in [6, 6.07) is 3.88. The summed E-state index contributed by atoms with van der Waals surface area (Å²) < 4.78 is 5.37. The van der Waals surface area contributed by atoms with Crippen LogP contribution in [-0.2, 0) is 11.2 Å². The van der Waals surface area contributed by atoms with Gasteiger partial charge in [-0.25, -0.2) is 0 Å². The number of carbonyl (C=O) groups is 1. The SMILES string of the molecule is C=CCNC(=NCCc1ccco1)N1CCN(CC(=O)N2CCCC2)CC1. The Balaban J connectivity index is 1.47. The number of carbonyl (C=O) groups excluding carboxylic acids is 1. The Morgan fingerprint density at radius 1 is 1.19 bits per heavy atom. The zero-order chi connectivity index (χ0) is 18.9. The van der Waals surface area contributed by atoms with Crippen LogP contribution in [0.5, 0.6) is 0 Å². The smallest absolute Gasteiger partial charge is 0.236 e. The minimum atomic E-state index is 0.276. The van der Waals surface area contributed by atoms with E-state index in [2.05, 4.69) is 21.7 Å². The van der Waals surface area contributed by atoms with E-state index in [9.17, 15) is 4.79 Å². The van der Waals surface area contributed by atoms with Crippen LogP contribution in [0.4, 0.5) is 0 Å². The van der Waals surface area contributed by atoms with Crippen LogP contribution in [0, 0.1) is 0 Å². The van der Waals surface area contributed by atoms with Gasteiger partial charge in [0.15, 0.2) is 5.96 Å². The van der Waals surface area contributed by atoms with Gasteiger partial charge in [-0.15, -0.1) is 6.58 Å². The van der Waals surface area contributed by atoms with Crippen molar-refractivity contribution in [3.05, 3.63) is 36.8 Å². The zero-order valence-electron chi connectivity index (χ0n) is 16.1. The van der Waals surface area contributed by atoms with E-state index in [0.29, 0.717) is 19.6 Å². The minimum absolute atomic E-state index is 0.276. The lowest BCUT2D eigenvalue weighted by molar-refractivity contribution is -0.131. The predicted octanol–water partition coefficient (Wildman–Crippen LogP) is 1.19. The molecule has 0 spiro atoms. The van der Waals surface area contributed by atoms with E-state index in [1.807, 2.05) is 23.1 Å². The Bertz CT molecular complexity index is 614. The molecule has 2 saturated heterocycles. The van der Waals surface area contributed by atoms with Crippen LogP contribution in [0.2, 0.25) is 0 Å².